The number of likely N-dealkylation sites (tertiary alicyclic amines) is 1. The summed E-state index contributed by atoms with van der Waals surface area (Å²) < 4.78 is 25.7. The first kappa shape index (κ1) is 20.1. The summed E-state index contributed by atoms with van der Waals surface area (Å²) in [6.07, 6.45) is 4.39. The molecule has 2 fully saturated rings. The molecular weight excluding hydrogens is 384 g/mol. The number of amides is 1. The van der Waals surface area contributed by atoms with Gasteiger partial charge in [0.15, 0.2) is 0 Å². The summed E-state index contributed by atoms with van der Waals surface area (Å²) in [5, 5.41) is 0. The quantitative estimate of drug-likeness (QED) is 0.819. The molecule has 0 bridgehead atoms. The molecule has 0 radical (unpaired) electrons. The SMILES string of the molecule is CS(=O)(=O)NC1CCCN(C(=O)C2CC2c2cccc(-c3ccccc3)c2)CC1. The van der Waals surface area contributed by atoms with Crippen LogP contribution in [-0.2, 0) is 14.8 Å². The Morgan fingerprint density at radius 1 is 1.00 bits per heavy atom. The fraction of sp³-hybridized carbons (Fsp3) is 0.435. The number of hydrogen-bond donors (Lipinski definition) is 1. The van der Waals surface area contributed by atoms with Crippen molar-refractivity contribution >= 4 is 15.9 Å². The fourth-order valence-corrected chi connectivity index (χ4v) is 5.23. The zero-order chi connectivity index (χ0) is 20.4. The van der Waals surface area contributed by atoms with Crippen molar-refractivity contribution in [2.75, 3.05) is 19.3 Å². The third-order valence-electron chi connectivity index (χ3n) is 5.95. The molecule has 0 spiro atoms. The van der Waals surface area contributed by atoms with Crippen LogP contribution in [0.3, 0.4) is 0 Å². The molecule has 4 rings (SSSR count). The Labute approximate surface area is 173 Å². The predicted molar refractivity (Wildman–Crippen MR) is 115 cm³/mol. The number of sulfonamides is 1. The van der Waals surface area contributed by atoms with Crippen molar-refractivity contribution in [2.24, 2.45) is 5.92 Å². The van der Waals surface area contributed by atoms with E-state index in [4.69, 9.17) is 0 Å². The maximum Gasteiger partial charge on any atom is 0.226 e. The Morgan fingerprint density at radius 2 is 1.76 bits per heavy atom. The van der Waals surface area contributed by atoms with E-state index in [0.29, 0.717) is 25.4 Å². The summed E-state index contributed by atoms with van der Waals surface area (Å²) in [7, 11) is -3.21. The van der Waals surface area contributed by atoms with Gasteiger partial charge in [-0.15, -0.1) is 0 Å². The molecule has 6 heteroatoms. The van der Waals surface area contributed by atoms with Gasteiger partial charge in [0, 0.05) is 25.0 Å². The molecule has 3 atom stereocenters. The maximum absolute atomic E-state index is 13.0. The topological polar surface area (TPSA) is 66.5 Å². The lowest BCUT2D eigenvalue weighted by Gasteiger charge is -2.21. The number of nitrogens with one attached hydrogen (secondary N) is 1. The second kappa shape index (κ2) is 8.28. The maximum atomic E-state index is 13.0. The van der Waals surface area contributed by atoms with E-state index in [9.17, 15) is 13.2 Å². The highest BCUT2D eigenvalue weighted by atomic mass is 32.2. The van der Waals surface area contributed by atoms with Crippen LogP contribution in [0, 0.1) is 5.92 Å². The molecule has 2 aromatic carbocycles. The first-order chi connectivity index (χ1) is 13.9. The molecule has 2 aromatic rings. The standard InChI is InChI=1S/C23H28N2O3S/c1-29(27,28)24-20-11-6-13-25(14-12-20)23(26)22-16-21(22)19-10-5-9-18(15-19)17-7-3-2-4-8-17/h2-5,7-10,15,20-22,24H,6,11-14,16H2,1H3. The van der Waals surface area contributed by atoms with Crippen molar-refractivity contribution in [1.82, 2.24) is 9.62 Å². The van der Waals surface area contributed by atoms with E-state index < -0.39 is 10.0 Å². The Hall–Kier alpha value is -2.18. The van der Waals surface area contributed by atoms with Crippen LogP contribution in [-0.4, -0.2) is 44.6 Å². The zero-order valence-electron chi connectivity index (χ0n) is 16.8. The summed E-state index contributed by atoms with van der Waals surface area (Å²) >= 11 is 0. The number of rotatable bonds is 5. The van der Waals surface area contributed by atoms with E-state index in [2.05, 4.69) is 41.1 Å². The van der Waals surface area contributed by atoms with Gasteiger partial charge in [-0.05, 0) is 48.3 Å². The Morgan fingerprint density at radius 3 is 2.52 bits per heavy atom. The van der Waals surface area contributed by atoms with Crippen molar-refractivity contribution in [3.8, 4) is 11.1 Å². The van der Waals surface area contributed by atoms with Crippen LogP contribution in [0.2, 0.25) is 0 Å². The van der Waals surface area contributed by atoms with Gasteiger partial charge >= 0.3 is 0 Å². The number of carbonyl (C=O) groups excluding carboxylic acids is 1. The highest BCUT2D eigenvalue weighted by Gasteiger charge is 2.46. The van der Waals surface area contributed by atoms with E-state index in [1.807, 2.05) is 23.1 Å². The van der Waals surface area contributed by atoms with Gasteiger partial charge in [-0.2, -0.15) is 0 Å². The molecule has 1 heterocycles. The monoisotopic (exact) mass is 412 g/mol. The molecule has 154 valence electrons. The predicted octanol–water partition coefficient (Wildman–Crippen LogP) is 3.39. The highest BCUT2D eigenvalue weighted by molar-refractivity contribution is 7.88. The van der Waals surface area contributed by atoms with Crippen LogP contribution in [0.4, 0.5) is 0 Å². The van der Waals surface area contributed by atoms with Gasteiger partial charge < -0.3 is 4.90 Å². The minimum Gasteiger partial charge on any atom is -0.342 e. The number of carbonyl (C=O) groups is 1. The molecular formula is C23H28N2O3S. The van der Waals surface area contributed by atoms with Crippen LogP contribution in [0.1, 0.15) is 37.2 Å². The fourth-order valence-electron chi connectivity index (χ4n) is 4.39. The lowest BCUT2D eigenvalue weighted by atomic mass is 10.0. The van der Waals surface area contributed by atoms with Gasteiger partial charge in [-0.3, -0.25) is 4.79 Å². The van der Waals surface area contributed by atoms with E-state index >= 15 is 0 Å². The van der Waals surface area contributed by atoms with Gasteiger partial charge in [-0.25, -0.2) is 13.1 Å². The van der Waals surface area contributed by atoms with Crippen molar-refractivity contribution in [1.29, 1.82) is 0 Å². The number of nitrogens with zero attached hydrogens (tertiary/aromatic N) is 1. The van der Waals surface area contributed by atoms with E-state index in [1.165, 1.54) is 22.9 Å². The van der Waals surface area contributed by atoms with Crippen LogP contribution < -0.4 is 4.72 Å². The normalized spacial score (nSPS) is 24.7. The smallest absolute Gasteiger partial charge is 0.226 e. The summed E-state index contributed by atoms with van der Waals surface area (Å²) in [5.41, 5.74) is 3.61. The lowest BCUT2D eigenvalue weighted by molar-refractivity contribution is -0.132. The van der Waals surface area contributed by atoms with Crippen molar-refractivity contribution in [3.63, 3.8) is 0 Å². The number of hydrogen-bond acceptors (Lipinski definition) is 3. The van der Waals surface area contributed by atoms with E-state index in [0.717, 1.165) is 19.3 Å². The van der Waals surface area contributed by atoms with Gasteiger partial charge in [-0.1, -0.05) is 54.6 Å². The van der Waals surface area contributed by atoms with Crippen LogP contribution >= 0.6 is 0 Å². The molecule has 29 heavy (non-hydrogen) atoms. The van der Waals surface area contributed by atoms with Gasteiger partial charge in [0.2, 0.25) is 15.9 Å². The Balaban J connectivity index is 1.39. The zero-order valence-corrected chi connectivity index (χ0v) is 17.6. The molecule has 1 aliphatic carbocycles. The Bertz CT molecular complexity index is 975. The number of benzene rings is 2. The molecule has 1 N–H and O–H groups in total. The molecule has 5 nitrogen and oxygen atoms in total. The molecule has 3 unspecified atom stereocenters. The van der Waals surface area contributed by atoms with E-state index in [1.54, 1.807) is 0 Å². The van der Waals surface area contributed by atoms with Crippen molar-refractivity contribution in [3.05, 3.63) is 60.2 Å². The van der Waals surface area contributed by atoms with Crippen LogP contribution in [0.5, 0.6) is 0 Å². The summed E-state index contributed by atoms with van der Waals surface area (Å²) in [6.45, 7) is 1.34. The van der Waals surface area contributed by atoms with Crippen LogP contribution in [0.25, 0.3) is 11.1 Å². The minimum atomic E-state index is -3.21. The molecule has 1 saturated carbocycles. The summed E-state index contributed by atoms with van der Waals surface area (Å²) in [5.74, 6) is 0.569. The molecule has 1 saturated heterocycles. The molecule has 1 aliphatic heterocycles. The third kappa shape index (κ3) is 5.06. The second-order valence-corrected chi connectivity index (χ2v) is 10.1. The minimum absolute atomic E-state index is 0.0560. The van der Waals surface area contributed by atoms with Gasteiger partial charge in [0.05, 0.1) is 6.26 Å². The van der Waals surface area contributed by atoms with Gasteiger partial charge in [0.25, 0.3) is 0 Å². The average molecular weight is 413 g/mol. The molecule has 1 amide bonds. The lowest BCUT2D eigenvalue weighted by Crippen LogP contribution is -2.36. The Kier molecular flexibility index (Phi) is 5.74. The van der Waals surface area contributed by atoms with Gasteiger partial charge in [0.1, 0.15) is 0 Å². The second-order valence-electron chi connectivity index (χ2n) is 8.28. The largest absolute Gasteiger partial charge is 0.342 e. The van der Waals surface area contributed by atoms with Crippen LogP contribution in [0.15, 0.2) is 54.6 Å². The first-order valence-electron chi connectivity index (χ1n) is 10.3. The van der Waals surface area contributed by atoms with Crippen molar-refractivity contribution < 1.29 is 13.2 Å². The summed E-state index contributed by atoms with van der Waals surface area (Å²) in [4.78, 5) is 15.0. The average Bonchev–Trinajstić information content (AvgIpc) is 3.52. The molecule has 2 aliphatic rings. The first-order valence-corrected chi connectivity index (χ1v) is 12.2. The van der Waals surface area contributed by atoms with E-state index in [-0.39, 0.29) is 17.9 Å². The molecule has 0 aromatic heterocycles. The van der Waals surface area contributed by atoms with Crippen molar-refractivity contribution in [2.45, 2.75) is 37.6 Å². The third-order valence-corrected chi connectivity index (χ3v) is 6.71. The summed E-state index contributed by atoms with van der Waals surface area (Å²) in [6, 6.07) is 18.8. The highest BCUT2D eigenvalue weighted by Crippen LogP contribution is 2.49.